The third-order valence-corrected chi connectivity index (χ3v) is 5.46. The van der Waals surface area contributed by atoms with E-state index in [0.29, 0.717) is 25.9 Å². The largest absolute Gasteiger partial charge is 0.444 e. The lowest BCUT2D eigenvalue weighted by atomic mass is 10.1. The van der Waals surface area contributed by atoms with E-state index < -0.39 is 15.4 Å². The Bertz CT molecular complexity index is 489. The molecule has 0 aliphatic carbocycles. The molecule has 23 heavy (non-hydrogen) atoms. The number of sulfone groups is 1. The zero-order chi connectivity index (χ0) is 17.9. The number of hydrogen-bond acceptors (Lipinski definition) is 5. The van der Waals surface area contributed by atoms with Gasteiger partial charge in [-0.15, -0.1) is 0 Å². The summed E-state index contributed by atoms with van der Waals surface area (Å²) in [5.74, 6) is 0.499. The summed E-state index contributed by atoms with van der Waals surface area (Å²) in [6, 6.07) is 0.207. The van der Waals surface area contributed by atoms with Gasteiger partial charge in [-0.3, -0.25) is 0 Å². The van der Waals surface area contributed by atoms with Gasteiger partial charge in [-0.25, -0.2) is 13.2 Å². The molecule has 0 radical (unpaired) electrons. The molecule has 1 aliphatic heterocycles. The van der Waals surface area contributed by atoms with E-state index in [0.717, 1.165) is 0 Å². The molecular weight excluding hydrogens is 316 g/mol. The molecule has 1 amide bonds. The molecule has 0 saturated carbocycles. The minimum Gasteiger partial charge on any atom is -0.444 e. The van der Waals surface area contributed by atoms with Crippen molar-refractivity contribution in [1.82, 2.24) is 10.2 Å². The van der Waals surface area contributed by atoms with Gasteiger partial charge in [-0.2, -0.15) is 0 Å². The molecule has 136 valence electrons. The van der Waals surface area contributed by atoms with Crippen LogP contribution in [0.2, 0.25) is 0 Å². The van der Waals surface area contributed by atoms with Crippen LogP contribution in [0.3, 0.4) is 0 Å². The van der Waals surface area contributed by atoms with Crippen molar-refractivity contribution >= 4 is 15.9 Å². The number of carbonyl (C=O) groups is 1. The molecule has 0 unspecified atom stereocenters. The van der Waals surface area contributed by atoms with Crippen LogP contribution in [0.15, 0.2) is 0 Å². The smallest absolute Gasteiger partial charge is 0.410 e. The van der Waals surface area contributed by atoms with Crippen molar-refractivity contribution in [2.24, 2.45) is 0 Å². The van der Waals surface area contributed by atoms with Crippen LogP contribution in [0.5, 0.6) is 0 Å². The molecule has 1 heterocycles. The first-order valence-electron chi connectivity index (χ1n) is 8.25. The van der Waals surface area contributed by atoms with Crippen molar-refractivity contribution in [3.8, 4) is 0 Å². The zero-order valence-electron chi connectivity index (χ0n) is 15.3. The molecule has 0 atom stereocenters. The molecular formula is C16H32N2O4S. The fourth-order valence-electron chi connectivity index (χ4n) is 2.49. The topological polar surface area (TPSA) is 75.7 Å². The van der Waals surface area contributed by atoms with Gasteiger partial charge in [0.2, 0.25) is 0 Å². The van der Waals surface area contributed by atoms with Gasteiger partial charge in [-0.1, -0.05) is 0 Å². The van der Waals surface area contributed by atoms with E-state index in [9.17, 15) is 13.2 Å². The summed E-state index contributed by atoms with van der Waals surface area (Å²) in [5.41, 5.74) is -0.855. The number of carbonyl (C=O) groups excluding carboxylic acids is 1. The van der Waals surface area contributed by atoms with Crippen LogP contribution >= 0.6 is 0 Å². The molecule has 1 saturated heterocycles. The summed E-state index contributed by atoms with van der Waals surface area (Å²) in [4.78, 5) is 14.1. The number of ether oxygens (including phenoxy) is 1. The maximum absolute atomic E-state index is 12.4. The molecule has 1 rings (SSSR count). The first-order valence-corrected chi connectivity index (χ1v) is 10.1. The lowest BCUT2D eigenvalue weighted by Gasteiger charge is -2.37. The second-order valence-electron chi connectivity index (χ2n) is 8.18. The maximum atomic E-state index is 12.4. The van der Waals surface area contributed by atoms with E-state index >= 15 is 0 Å². The van der Waals surface area contributed by atoms with Crippen LogP contribution < -0.4 is 5.32 Å². The van der Waals surface area contributed by atoms with Gasteiger partial charge in [-0.05, 0) is 54.4 Å². The first-order chi connectivity index (χ1) is 10.3. The first kappa shape index (κ1) is 20.2. The highest BCUT2D eigenvalue weighted by Crippen LogP contribution is 2.18. The fourth-order valence-corrected chi connectivity index (χ4v) is 3.98. The number of hydrogen-bond donors (Lipinski definition) is 1. The van der Waals surface area contributed by atoms with Crippen molar-refractivity contribution in [2.45, 2.75) is 71.6 Å². The van der Waals surface area contributed by atoms with E-state index in [2.05, 4.69) is 5.32 Å². The lowest BCUT2D eigenvalue weighted by molar-refractivity contribution is 0.00645. The van der Waals surface area contributed by atoms with Gasteiger partial charge >= 0.3 is 6.09 Å². The average Bonchev–Trinajstić information content (AvgIpc) is 2.32. The van der Waals surface area contributed by atoms with Crippen molar-refractivity contribution in [1.29, 1.82) is 0 Å². The van der Waals surface area contributed by atoms with Crippen molar-refractivity contribution in [2.75, 3.05) is 24.6 Å². The molecule has 1 N–H and O–H groups in total. The van der Waals surface area contributed by atoms with Crippen LogP contribution in [0.4, 0.5) is 4.79 Å². The van der Waals surface area contributed by atoms with Crippen molar-refractivity contribution in [3.05, 3.63) is 0 Å². The Morgan fingerprint density at radius 2 is 1.65 bits per heavy atom. The van der Waals surface area contributed by atoms with Gasteiger partial charge in [0.1, 0.15) is 15.4 Å². The van der Waals surface area contributed by atoms with Crippen LogP contribution in [0.25, 0.3) is 0 Å². The van der Waals surface area contributed by atoms with E-state index in [1.165, 1.54) is 0 Å². The van der Waals surface area contributed by atoms with E-state index in [1.54, 1.807) is 4.90 Å². The number of rotatable bonds is 4. The van der Waals surface area contributed by atoms with Gasteiger partial charge in [0, 0.05) is 24.7 Å². The Morgan fingerprint density at radius 3 is 2.09 bits per heavy atom. The predicted molar refractivity (Wildman–Crippen MR) is 92.4 cm³/mol. The van der Waals surface area contributed by atoms with Gasteiger partial charge in [0.05, 0.1) is 11.5 Å². The number of nitrogens with one attached hydrogen (secondary N) is 1. The standard InChI is InChI=1S/C16H32N2O4S/c1-15(2,3)18(14(19)22-16(4,5)6)10-9-17-13-7-11-23(20,21)12-8-13/h13,17H,7-12H2,1-6H3. The molecule has 0 bridgehead atoms. The van der Waals surface area contributed by atoms with Gasteiger partial charge < -0.3 is 15.0 Å². The fraction of sp³-hybridized carbons (Fsp3) is 0.938. The van der Waals surface area contributed by atoms with E-state index in [1.807, 2.05) is 41.5 Å². The van der Waals surface area contributed by atoms with Crippen LogP contribution in [0, 0.1) is 0 Å². The van der Waals surface area contributed by atoms with Gasteiger partial charge in [0.25, 0.3) is 0 Å². The molecule has 6 nitrogen and oxygen atoms in total. The monoisotopic (exact) mass is 348 g/mol. The SMILES string of the molecule is CC(C)(C)OC(=O)N(CCNC1CCS(=O)(=O)CC1)C(C)(C)C. The summed E-state index contributed by atoms with van der Waals surface area (Å²) in [5, 5.41) is 3.37. The second kappa shape index (κ2) is 7.38. The summed E-state index contributed by atoms with van der Waals surface area (Å²) < 4.78 is 28.3. The summed E-state index contributed by atoms with van der Waals surface area (Å²) >= 11 is 0. The molecule has 0 aromatic carbocycles. The lowest BCUT2D eigenvalue weighted by Crippen LogP contribution is -2.51. The summed E-state index contributed by atoms with van der Waals surface area (Å²) in [6.07, 6.45) is 0.965. The zero-order valence-corrected chi connectivity index (χ0v) is 16.1. The minimum absolute atomic E-state index is 0.207. The van der Waals surface area contributed by atoms with E-state index in [-0.39, 0.29) is 29.2 Å². The Labute approximate surface area is 140 Å². The molecule has 7 heteroatoms. The minimum atomic E-state index is -2.84. The van der Waals surface area contributed by atoms with Gasteiger partial charge in [0.15, 0.2) is 0 Å². The van der Waals surface area contributed by atoms with Crippen molar-refractivity contribution < 1.29 is 17.9 Å². The molecule has 1 fully saturated rings. The average molecular weight is 349 g/mol. The van der Waals surface area contributed by atoms with Crippen LogP contribution in [-0.4, -0.2) is 61.2 Å². The quantitative estimate of drug-likeness (QED) is 0.843. The Hall–Kier alpha value is -0.820. The number of nitrogens with zero attached hydrogens (tertiary/aromatic N) is 1. The third kappa shape index (κ3) is 7.52. The molecule has 0 spiro atoms. The summed E-state index contributed by atoms with van der Waals surface area (Å²) in [6.45, 7) is 12.6. The van der Waals surface area contributed by atoms with Crippen LogP contribution in [0.1, 0.15) is 54.4 Å². The highest BCUT2D eigenvalue weighted by Gasteiger charge is 2.30. The Balaban J connectivity index is 2.51. The maximum Gasteiger partial charge on any atom is 0.410 e. The molecule has 0 aromatic rings. The highest BCUT2D eigenvalue weighted by molar-refractivity contribution is 7.91. The highest BCUT2D eigenvalue weighted by atomic mass is 32.2. The Morgan fingerprint density at radius 1 is 1.13 bits per heavy atom. The predicted octanol–water partition coefficient (Wildman–Crippen LogP) is 2.19. The normalized spacial score (nSPS) is 19.4. The number of amides is 1. The molecule has 1 aliphatic rings. The second-order valence-corrected chi connectivity index (χ2v) is 10.5. The van der Waals surface area contributed by atoms with E-state index in [4.69, 9.17) is 4.74 Å². The molecule has 0 aromatic heterocycles. The Kier molecular flexibility index (Phi) is 6.49. The van der Waals surface area contributed by atoms with Crippen molar-refractivity contribution in [3.63, 3.8) is 0 Å². The third-order valence-electron chi connectivity index (χ3n) is 3.75. The van der Waals surface area contributed by atoms with Crippen LogP contribution in [-0.2, 0) is 14.6 Å². The summed E-state index contributed by atoms with van der Waals surface area (Å²) in [7, 11) is -2.84.